The van der Waals surface area contributed by atoms with Crippen LogP contribution in [0.3, 0.4) is 0 Å². The summed E-state index contributed by atoms with van der Waals surface area (Å²) in [7, 11) is 1.90. The van der Waals surface area contributed by atoms with Gasteiger partial charge in [-0.3, -0.25) is 14.6 Å². The first-order chi connectivity index (χ1) is 12.4. The smallest absolute Gasteiger partial charge is 0.272 e. The number of nitrogens with one attached hydrogen (secondary N) is 1. The molecule has 0 aliphatic carbocycles. The number of benzene rings is 1. The zero-order valence-electron chi connectivity index (χ0n) is 15.4. The van der Waals surface area contributed by atoms with Gasteiger partial charge in [0.05, 0.1) is 11.4 Å². The highest BCUT2D eigenvalue weighted by Gasteiger charge is 2.21. The van der Waals surface area contributed by atoms with Gasteiger partial charge in [-0.05, 0) is 38.5 Å². The molecule has 1 amide bonds. The zero-order chi connectivity index (χ0) is 18.8. The number of aryl methyl sites for hydroxylation is 2. The van der Waals surface area contributed by atoms with E-state index in [2.05, 4.69) is 15.3 Å². The number of aromatic nitrogens is 4. The Balaban J connectivity index is 1.85. The third-order valence-electron chi connectivity index (χ3n) is 4.56. The molecule has 0 unspecified atom stereocenters. The molecule has 0 bridgehead atoms. The number of carbonyl (C=O) groups is 1. The van der Waals surface area contributed by atoms with Gasteiger partial charge in [-0.15, -0.1) is 0 Å². The first-order valence-electron chi connectivity index (χ1n) is 8.51. The zero-order valence-corrected chi connectivity index (χ0v) is 16.1. The summed E-state index contributed by atoms with van der Waals surface area (Å²) in [5.41, 5.74) is 4.96. The molecule has 3 aromatic rings. The molecule has 1 aromatic carbocycles. The fourth-order valence-electron chi connectivity index (χ4n) is 3.03. The number of rotatable bonds is 5. The third-order valence-corrected chi connectivity index (χ3v) is 4.93. The largest absolute Gasteiger partial charge is 0.333 e. The number of carbonyl (C=O) groups excluding carboxylic acids is 1. The van der Waals surface area contributed by atoms with Crippen LogP contribution >= 0.6 is 11.6 Å². The lowest BCUT2D eigenvalue weighted by Gasteiger charge is -2.20. The highest BCUT2D eigenvalue weighted by Crippen LogP contribution is 2.26. The lowest BCUT2D eigenvalue weighted by molar-refractivity contribution is 0.0746. The van der Waals surface area contributed by atoms with Gasteiger partial charge >= 0.3 is 0 Å². The lowest BCUT2D eigenvalue weighted by atomic mass is 10.1. The van der Waals surface area contributed by atoms with Crippen LogP contribution < -0.4 is 0 Å². The molecule has 0 aliphatic heterocycles. The molecule has 1 N–H and O–H groups in total. The van der Waals surface area contributed by atoms with Crippen LogP contribution in [0.5, 0.6) is 0 Å². The van der Waals surface area contributed by atoms with E-state index in [1.54, 1.807) is 11.0 Å². The molecule has 136 valence electrons. The minimum absolute atomic E-state index is 0.106. The first kappa shape index (κ1) is 18.2. The molecule has 6 nitrogen and oxygen atoms in total. The van der Waals surface area contributed by atoms with Gasteiger partial charge in [0.15, 0.2) is 0 Å². The molecule has 0 aliphatic rings. The van der Waals surface area contributed by atoms with Gasteiger partial charge in [-0.2, -0.15) is 10.2 Å². The molecule has 0 radical (unpaired) electrons. The van der Waals surface area contributed by atoms with Gasteiger partial charge in [-0.25, -0.2) is 0 Å². The maximum atomic E-state index is 12.9. The minimum Gasteiger partial charge on any atom is -0.333 e. The Bertz CT molecular complexity index is 943. The van der Waals surface area contributed by atoms with Gasteiger partial charge in [0.25, 0.3) is 5.91 Å². The Morgan fingerprint density at radius 3 is 2.65 bits per heavy atom. The fourth-order valence-corrected chi connectivity index (χ4v) is 3.23. The number of aromatic amines is 1. The van der Waals surface area contributed by atoms with Crippen molar-refractivity contribution in [1.29, 1.82) is 0 Å². The van der Waals surface area contributed by atoms with E-state index in [0.717, 1.165) is 28.2 Å². The second kappa shape index (κ2) is 7.33. The van der Waals surface area contributed by atoms with Gasteiger partial charge in [-0.1, -0.05) is 29.8 Å². The molecule has 7 heteroatoms. The highest BCUT2D eigenvalue weighted by molar-refractivity contribution is 6.31. The number of nitrogens with zero attached hydrogens (tertiary/aromatic N) is 4. The van der Waals surface area contributed by atoms with E-state index in [-0.39, 0.29) is 5.91 Å². The number of amides is 1. The van der Waals surface area contributed by atoms with Crippen LogP contribution in [0.25, 0.3) is 11.3 Å². The Morgan fingerprint density at radius 2 is 2.04 bits per heavy atom. The summed E-state index contributed by atoms with van der Waals surface area (Å²) >= 11 is 6.23. The fraction of sp³-hybridized carbons (Fsp3) is 0.316. The van der Waals surface area contributed by atoms with Crippen molar-refractivity contribution < 1.29 is 4.79 Å². The van der Waals surface area contributed by atoms with Gasteiger partial charge in [0.2, 0.25) is 0 Å². The van der Waals surface area contributed by atoms with Crippen molar-refractivity contribution in [2.24, 2.45) is 7.05 Å². The third kappa shape index (κ3) is 3.37. The average molecular weight is 372 g/mol. The average Bonchev–Trinajstić information content (AvgIpc) is 3.18. The van der Waals surface area contributed by atoms with Crippen molar-refractivity contribution >= 4 is 17.5 Å². The van der Waals surface area contributed by atoms with Gasteiger partial charge in [0, 0.05) is 36.4 Å². The predicted molar refractivity (Wildman–Crippen MR) is 102 cm³/mol. The summed E-state index contributed by atoms with van der Waals surface area (Å²) in [6.45, 7) is 6.90. The summed E-state index contributed by atoms with van der Waals surface area (Å²) in [4.78, 5) is 14.6. The Morgan fingerprint density at radius 1 is 1.31 bits per heavy atom. The molecular formula is C19H22ClN5O. The van der Waals surface area contributed by atoms with Crippen molar-refractivity contribution in [3.63, 3.8) is 0 Å². The Hall–Kier alpha value is -2.60. The van der Waals surface area contributed by atoms with Crippen LogP contribution in [0, 0.1) is 13.8 Å². The van der Waals surface area contributed by atoms with E-state index < -0.39 is 0 Å². The molecular weight excluding hydrogens is 350 g/mol. The molecule has 0 saturated carbocycles. The Kier molecular flexibility index (Phi) is 5.13. The van der Waals surface area contributed by atoms with Crippen molar-refractivity contribution in [2.75, 3.05) is 6.54 Å². The quantitative estimate of drug-likeness (QED) is 0.742. The number of hydrogen-bond acceptors (Lipinski definition) is 3. The number of halogens is 1. The summed E-state index contributed by atoms with van der Waals surface area (Å²) in [5.74, 6) is -0.106. The van der Waals surface area contributed by atoms with Crippen LogP contribution in [0.15, 0.2) is 30.3 Å². The predicted octanol–water partition coefficient (Wildman–Crippen LogP) is 3.74. The van der Waals surface area contributed by atoms with Crippen LogP contribution in [0.4, 0.5) is 0 Å². The molecule has 0 saturated heterocycles. The maximum Gasteiger partial charge on any atom is 0.272 e. The van der Waals surface area contributed by atoms with Crippen LogP contribution in [-0.4, -0.2) is 37.3 Å². The van der Waals surface area contributed by atoms with E-state index in [1.807, 2.05) is 56.8 Å². The van der Waals surface area contributed by atoms with Crippen molar-refractivity contribution in [1.82, 2.24) is 24.9 Å². The van der Waals surface area contributed by atoms with E-state index in [4.69, 9.17) is 11.6 Å². The van der Waals surface area contributed by atoms with Crippen LogP contribution in [0.2, 0.25) is 5.02 Å². The summed E-state index contributed by atoms with van der Waals surface area (Å²) < 4.78 is 1.82. The van der Waals surface area contributed by atoms with E-state index in [9.17, 15) is 4.79 Å². The second-order valence-electron chi connectivity index (χ2n) is 6.25. The van der Waals surface area contributed by atoms with Gasteiger partial charge in [0.1, 0.15) is 5.69 Å². The van der Waals surface area contributed by atoms with Crippen LogP contribution in [0.1, 0.15) is 34.4 Å². The molecule has 2 heterocycles. The molecule has 3 rings (SSSR count). The normalized spacial score (nSPS) is 11.0. The SMILES string of the molecule is CCN(Cc1ccccc1Cl)C(=O)c1cc(-c2c(C)nn(C)c2C)n[nH]1. The number of H-pyrrole nitrogens is 1. The molecule has 0 spiro atoms. The number of hydrogen-bond donors (Lipinski definition) is 1. The lowest BCUT2D eigenvalue weighted by Crippen LogP contribution is -2.30. The summed E-state index contributed by atoms with van der Waals surface area (Å²) in [5, 5.41) is 12.3. The van der Waals surface area contributed by atoms with Crippen molar-refractivity contribution in [2.45, 2.75) is 27.3 Å². The van der Waals surface area contributed by atoms with Crippen molar-refractivity contribution in [3.05, 3.63) is 58.0 Å². The van der Waals surface area contributed by atoms with Crippen molar-refractivity contribution in [3.8, 4) is 11.3 Å². The highest BCUT2D eigenvalue weighted by atomic mass is 35.5. The first-order valence-corrected chi connectivity index (χ1v) is 8.88. The topological polar surface area (TPSA) is 66.8 Å². The Labute approximate surface area is 157 Å². The molecule has 0 atom stereocenters. The second-order valence-corrected chi connectivity index (χ2v) is 6.65. The standard InChI is InChI=1S/C19H22ClN5O/c1-5-25(11-14-8-6-7-9-15(14)20)19(26)17-10-16(21-22-17)18-12(2)23-24(4)13(18)3/h6-10H,5,11H2,1-4H3,(H,21,22). The summed E-state index contributed by atoms with van der Waals surface area (Å²) in [6.07, 6.45) is 0. The summed E-state index contributed by atoms with van der Waals surface area (Å²) in [6, 6.07) is 9.34. The molecule has 0 fully saturated rings. The van der Waals surface area contributed by atoms with E-state index >= 15 is 0 Å². The monoisotopic (exact) mass is 371 g/mol. The molecule has 2 aromatic heterocycles. The van der Waals surface area contributed by atoms with Crippen LogP contribution in [-0.2, 0) is 13.6 Å². The van der Waals surface area contributed by atoms with Gasteiger partial charge < -0.3 is 4.90 Å². The van der Waals surface area contributed by atoms with E-state index in [1.165, 1.54) is 0 Å². The minimum atomic E-state index is -0.106. The van der Waals surface area contributed by atoms with E-state index in [0.29, 0.717) is 23.8 Å². The maximum absolute atomic E-state index is 12.9. The molecule has 26 heavy (non-hydrogen) atoms.